The van der Waals surface area contributed by atoms with E-state index in [0.717, 1.165) is 11.3 Å². The Morgan fingerprint density at radius 3 is 2.57 bits per heavy atom. The van der Waals surface area contributed by atoms with E-state index in [0.29, 0.717) is 10.6 Å². The molecule has 0 heterocycles. The number of anilines is 1. The number of hydrogen-bond donors (Lipinski definition) is 2. The largest absolute Gasteiger partial charge is 0.478 e. The number of nitrogens with one attached hydrogen (secondary N) is 1. The molecule has 0 unspecified atom stereocenters. The molecule has 0 atom stereocenters. The zero-order valence-electron chi connectivity index (χ0n) is 12.6. The molecule has 0 bridgehead atoms. The molecule has 2 N–H and O–H groups in total. The molecule has 1 amide bonds. The number of benzene rings is 2. The first-order valence-corrected chi connectivity index (χ1v) is 8.06. The number of ether oxygens (including phenoxy) is 1. The van der Waals surface area contributed by atoms with E-state index in [9.17, 15) is 9.59 Å². The van der Waals surface area contributed by atoms with Crippen molar-refractivity contribution in [1.82, 2.24) is 0 Å². The van der Waals surface area contributed by atoms with Gasteiger partial charge in [-0.1, -0.05) is 37.3 Å². The third kappa shape index (κ3) is 5.03. The Morgan fingerprint density at radius 1 is 1.17 bits per heavy atom. The lowest BCUT2D eigenvalue weighted by Crippen LogP contribution is -2.14. The summed E-state index contributed by atoms with van der Waals surface area (Å²) in [7, 11) is 0. The lowest BCUT2D eigenvalue weighted by atomic mass is 10.2. The van der Waals surface area contributed by atoms with Crippen LogP contribution < -0.4 is 5.32 Å². The van der Waals surface area contributed by atoms with Crippen LogP contribution in [-0.2, 0) is 11.3 Å². The summed E-state index contributed by atoms with van der Waals surface area (Å²) in [5, 5.41) is 11.7. The zero-order chi connectivity index (χ0) is 16.7. The highest BCUT2D eigenvalue weighted by atomic mass is 32.2. The van der Waals surface area contributed by atoms with Gasteiger partial charge in [0, 0.05) is 4.90 Å². The van der Waals surface area contributed by atoms with Crippen LogP contribution in [0.1, 0.15) is 22.8 Å². The monoisotopic (exact) mass is 331 g/mol. The summed E-state index contributed by atoms with van der Waals surface area (Å²) in [5.41, 5.74) is 1.62. The molecule has 23 heavy (non-hydrogen) atoms. The number of hydrogen-bond acceptors (Lipinski definition) is 4. The summed E-state index contributed by atoms with van der Waals surface area (Å²) >= 11 is 1.46. The van der Waals surface area contributed by atoms with Gasteiger partial charge in [-0.05, 0) is 29.5 Å². The summed E-state index contributed by atoms with van der Waals surface area (Å²) in [6.45, 7) is 2.13. The van der Waals surface area contributed by atoms with Gasteiger partial charge >= 0.3 is 12.1 Å². The molecule has 6 heteroatoms. The van der Waals surface area contributed by atoms with Crippen LogP contribution in [0.3, 0.4) is 0 Å². The molecule has 0 fully saturated rings. The van der Waals surface area contributed by atoms with Crippen LogP contribution in [0.5, 0.6) is 0 Å². The Kier molecular flexibility index (Phi) is 6.05. The fourth-order valence-electron chi connectivity index (χ4n) is 1.90. The summed E-state index contributed by atoms with van der Waals surface area (Å²) < 4.78 is 5.17. The average molecular weight is 331 g/mol. The van der Waals surface area contributed by atoms with Crippen molar-refractivity contribution in [2.24, 2.45) is 0 Å². The average Bonchev–Trinajstić information content (AvgIpc) is 2.55. The van der Waals surface area contributed by atoms with Crippen LogP contribution in [0.2, 0.25) is 0 Å². The van der Waals surface area contributed by atoms with Crippen LogP contribution in [0.25, 0.3) is 0 Å². The van der Waals surface area contributed by atoms with Crippen molar-refractivity contribution in [2.45, 2.75) is 18.4 Å². The molecule has 0 aliphatic rings. The predicted molar refractivity (Wildman–Crippen MR) is 90.0 cm³/mol. The van der Waals surface area contributed by atoms with Crippen LogP contribution in [0.4, 0.5) is 10.5 Å². The first-order chi connectivity index (χ1) is 11.1. The Balaban J connectivity index is 2.03. The second kappa shape index (κ2) is 8.24. The first-order valence-electron chi connectivity index (χ1n) is 7.08. The van der Waals surface area contributed by atoms with Crippen molar-refractivity contribution in [3.63, 3.8) is 0 Å². The number of amides is 1. The molecule has 2 aromatic rings. The highest BCUT2D eigenvalue weighted by molar-refractivity contribution is 7.99. The van der Waals surface area contributed by atoms with Crippen LogP contribution >= 0.6 is 11.8 Å². The van der Waals surface area contributed by atoms with Gasteiger partial charge in [-0.25, -0.2) is 9.59 Å². The van der Waals surface area contributed by atoms with Crippen molar-refractivity contribution in [3.8, 4) is 0 Å². The van der Waals surface area contributed by atoms with Gasteiger partial charge in [-0.3, -0.25) is 5.32 Å². The second-order valence-corrected chi connectivity index (χ2v) is 5.94. The molecule has 5 nitrogen and oxygen atoms in total. The van der Waals surface area contributed by atoms with Crippen LogP contribution in [0, 0.1) is 0 Å². The molecule has 2 rings (SSSR count). The lowest BCUT2D eigenvalue weighted by molar-refractivity contribution is 0.0696. The Hall–Kier alpha value is -2.47. The number of carboxylic acids is 1. The van der Waals surface area contributed by atoms with Gasteiger partial charge in [0.1, 0.15) is 6.61 Å². The molecule has 120 valence electrons. The molecule has 0 saturated carbocycles. The highest BCUT2D eigenvalue weighted by Gasteiger charge is 2.11. The standard InChI is InChI=1S/C17H17NO4S/c1-2-23-15-10-13(16(19)20)8-9-14(15)18-17(21)22-11-12-6-4-3-5-7-12/h3-10H,2,11H2,1H3,(H,18,21)(H,19,20). The third-order valence-corrected chi connectivity index (χ3v) is 3.92. The van der Waals surface area contributed by atoms with E-state index in [4.69, 9.17) is 9.84 Å². The molecule has 0 aromatic heterocycles. The zero-order valence-corrected chi connectivity index (χ0v) is 13.4. The number of thioether (sulfide) groups is 1. The lowest BCUT2D eigenvalue weighted by Gasteiger charge is -2.11. The van der Waals surface area contributed by atoms with Gasteiger partial charge < -0.3 is 9.84 Å². The van der Waals surface area contributed by atoms with Gasteiger partial charge in [0.2, 0.25) is 0 Å². The van der Waals surface area contributed by atoms with Crippen molar-refractivity contribution in [1.29, 1.82) is 0 Å². The Labute approximate surface area is 138 Å². The summed E-state index contributed by atoms with van der Waals surface area (Å²) in [5.74, 6) is -0.238. The minimum atomic E-state index is -0.999. The molecule has 2 aromatic carbocycles. The SMILES string of the molecule is CCSc1cc(C(=O)O)ccc1NC(=O)OCc1ccccc1. The molecule has 0 saturated heterocycles. The van der Waals surface area contributed by atoms with Gasteiger partial charge in [-0.2, -0.15) is 0 Å². The number of carbonyl (C=O) groups is 2. The number of carbonyl (C=O) groups excluding carboxylic acids is 1. The Bertz CT molecular complexity index is 688. The number of rotatable bonds is 6. The van der Waals surface area contributed by atoms with E-state index >= 15 is 0 Å². The predicted octanol–water partition coefficient (Wildman–Crippen LogP) is 4.25. The van der Waals surface area contributed by atoms with E-state index in [2.05, 4.69) is 5.32 Å². The van der Waals surface area contributed by atoms with E-state index in [1.54, 1.807) is 12.1 Å². The topological polar surface area (TPSA) is 75.6 Å². The molecular formula is C17H17NO4S. The first kappa shape index (κ1) is 16.9. The second-order valence-electron chi connectivity index (χ2n) is 4.64. The van der Waals surface area contributed by atoms with E-state index < -0.39 is 12.1 Å². The van der Waals surface area contributed by atoms with Gasteiger partial charge in [0.15, 0.2) is 0 Å². The van der Waals surface area contributed by atoms with Crippen molar-refractivity contribution >= 4 is 29.5 Å². The van der Waals surface area contributed by atoms with Crippen molar-refractivity contribution < 1.29 is 19.4 Å². The van der Waals surface area contributed by atoms with Crippen molar-refractivity contribution in [3.05, 3.63) is 59.7 Å². The molecule has 0 radical (unpaired) electrons. The van der Waals surface area contributed by atoms with Crippen LogP contribution in [-0.4, -0.2) is 22.9 Å². The maximum atomic E-state index is 11.9. The van der Waals surface area contributed by atoms with E-state index in [1.807, 2.05) is 37.3 Å². The molecule has 0 aliphatic carbocycles. The third-order valence-electron chi connectivity index (χ3n) is 2.98. The summed E-state index contributed by atoms with van der Waals surface area (Å²) in [6, 6.07) is 13.9. The minimum Gasteiger partial charge on any atom is -0.478 e. The summed E-state index contributed by atoms with van der Waals surface area (Å²) in [4.78, 5) is 23.6. The Morgan fingerprint density at radius 2 is 1.91 bits per heavy atom. The maximum Gasteiger partial charge on any atom is 0.411 e. The normalized spacial score (nSPS) is 10.1. The fourth-order valence-corrected chi connectivity index (χ4v) is 2.70. The van der Waals surface area contributed by atoms with Crippen LogP contribution in [0.15, 0.2) is 53.4 Å². The molecular weight excluding hydrogens is 314 g/mol. The van der Waals surface area contributed by atoms with E-state index in [-0.39, 0.29) is 12.2 Å². The van der Waals surface area contributed by atoms with Crippen molar-refractivity contribution in [2.75, 3.05) is 11.1 Å². The number of aromatic carboxylic acids is 1. The molecule has 0 spiro atoms. The minimum absolute atomic E-state index is 0.177. The maximum absolute atomic E-state index is 11.9. The van der Waals surface area contributed by atoms with Gasteiger partial charge in [0.05, 0.1) is 11.3 Å². The van der Waals surface area contributed by atoms with E-state index in [1.165, 1.54) is 17.8 Å². The quantitative estimate of drug-likeness (QED) is 0.774. The summed E-state index contributed by atoms with van der Waals surface area (Å²) in [6.07, 6.45) is -0.574. The highest BCUT2D eigenvalue weighted by Crippen LogP contribution is 2.28. The van der Waals surface area contributed by atoms with Gasteiger partial charge in [-0.15, -0.1) is 11.8 Å². The number of carboxylic acid groups (broad SMARTS) is 1. The smallest absolute Gasteiger partial charge is 0.411 e. The fraction of sp³-hybridized carbons (Fsp3) is 0.176. The molecule has 0 aliphatic heterocycles. The van der Waals surface area contributed by atoms with Gasteiger partial charge in [0.25, 0.3) is 0 Å².